The Kier molecular flexibility index (Phi) is 8.69. The van der Waals surface area contributed by atoms with Gasteiger partial charge in [-0.05, 0) is 55.4 Å². The fraction of sp³-hybridized carbons (Fsp3) is 0.391. The van der Waals surface area contributed by atoms with Crippen LogP contribution in [-0.4, -0.2) is 36.5 Å². The molecule has 0 radical (unpaired) electrons. The third kappa shape index (κ3) is 6.50. The fourth-order valence-corrected chi connectivity index (χ4v) is 2.79. The fourth-order valence-electron chi connectivity index (χ4n) is 2.79. The third-order valence-electron chi connectivity index (χ3n) is 4.60. The molecule has 5 nitrogen and oxygen atoms in total. The second kappa shape index (κ2) is 11.2. The molecule has 0 atom stereocenters. The number of hydrogen-bond donors (Lipinski definition) is 1. The van der Waals surface area contributed by atoms with E-state index in [2.05, 4.69) is 24.1 Å². The van der Waals surface area contributed by atoms with Gasteiger partial charge in [-0.3, -0.25) is 9.69 Å². The topological polar surface area (TPSA) is 58.6 Å². The minimum Gasteiger partial charge on any atom is -0.462 e. The summed E-state index contributed by atoms with van der Waals surface area (Å²) in [7, 11) is 0. The Balaban J connectivity index is 1.98. The number of nitrogens with one attached hydrogen (secondary N) is 1. The van der Waals surface area contributed by atoms with Crippen molar-refractivity contribution in [3.8, 4) is 0 Å². The van der Waals surface area contributed by atoms with E-state index in [1.165, 1.54) is 5.56 Å². The number of ether oxygens (including phenoxy) is 1. The van der Waals surface area contributed by atoms with Crippen molar-refractivity contribution < 1.29 is 14.3 Å². The lowest BCUT2D eigenvalue weighted by molar-refractivity contribution is 0.0499. The van der Waals surface area contributed by atoms with Gasteiger partial charge in [0.25, 0.3) is 5.91 Å². The maximum Gasteiger partial charge on any atom is 0.338 e. The highest BCUT2D eigenvalue weighted by molar-refractivity contribution is 6.04. The normalized spacial score (nSPS) is 10.7. The summed E-state index contributed by atoms with van der Waals surface area (Å²) in [6.45, 7) is 9.59. The highest BCUT2D eigenvalue weighted by Crippen LogP contribution is 2.14. The van der Waals surface area contributed by atoms with Crippen LogP contribution in [0.3, 0.4) is 0 Å². The summed E-state index contributed by atoms with van der Waals surface area (Å²) in [5.74, 6) is -0.573. The predicted molar refractivity (Wildman–Crippen MR) is 113 cm³/mol. The van der Waals surface area contributed by atoms with Gasteiger partial charge in [0.05, 0.1) is 12.2 Å². The maximum atomic E-state index is 12.5. The zero-order chi connectivity index (χ0) is 20.4. The van der Waals surface area contributed by atoms with Crippen LogP contribution in [0.15, 0.2) is 48.5 Å². The van der Waals surface area contributed by atoms with Gasteiger partial charge in [-0.1, -0.05) is 45.4 Å². The van der Waals surface area contributed by atoms with Crippen molar-refractivity contribution in [2.24, 2.45) is 0 Å². The van der Waals surface area contributed by atoms with Crippen LogP contribution in [0.2, 0.25) is 0 Å². The largest absolute Gasteiger partial charge is 0.462 e. The number of hydrogen-bond acceptors (Lipinski definition) is 4. The lowest BCUT2D eigenvalue weighted by atomic mass is 10.1. The number of carbonyl (C=O) groups excluding carboxylic acids is 2. The summed E-state index contributed by atoms with van der Waals surface area (Å²) >= 11 is 0. The number of esters is 1. The number of amides is 1. The molecule has 0 saturated heterocycles. The first kappa shape index (κ1) is 21.6. The molecule has 0 aromatic heterocycles. The van der Waals surface area contributed by atoms with Gasteiger partial charge in [-0.15, -0.1) is 0 Å². The Morgan fingerprint density at radius 1 is 0.964 bits per heavy atom. The lowest BCUT2D eigenvalue weighted by Crippen LogP contribution is -2.22. The summed E-state index contributed by atoms with van der Waals surface area (Å²) in [6.07, 6.45) is 1.81. The molecule has 28 heavy (non-hydrogen) atoms. The number of rotatable bonds is 10. The molecular formula is C23H30N2O3. The monoisotopic (exact) mass is 382 g/mol. The molecule has 2 aromatic carbocycles. The van der Waals surface area contributed by atoms with Crippen LogP contribution >= 0.6 is 0 Å². The molecule has 0 fully saturated rings. The van der Waals surface area contributed by atoms with E-state index in [4.69, 9.17) is 4.74 Å². The van der Waals surface area contributed by atoms with Gasteiger partial charge in [-0.25, -0.2) is 4.79 Å². The molecule has 5 heteroatoms. The van der Waals surface area contributed by atoms with E-state index in [-0.39, 0.29) is 11.9 Å². The minimum absolute atomic E-state index is 0.203. The van der Waals surface area contributed by atoms with Gasteiger partial charge >= 0.3 is 5.97 Å². The van der Waals surface area contributed by atoms with E-state index in [0.29, 0.717) is 23.4 Å². The average Bonchev–Trinajstić information content (AvgIpc) is 2.72. The highest BCUT2D eigenvalue weighted by Gasteiger charge is 2.11. The van der Waals surface area contributed by atoms with Gasteiger partial charge in [-0.2, -0.15) is 0 Å². The number of unbranched alkanes of at least 4 members (excludes halogenated alkanes) is 1. The Morgan fingerprint density at radius 3 is 2.32 bits per heavy atom. The third-order valence-corrected chi connectivity index (χ3v) is 4.60. The predicted octanol–water partition coefficient (Wildman–Crippen LogP) is 4.74. The summed E-state index contributed by atoms with van der Waals surface area (Å²) < 4.78 is 5.22. The standard InChI is InChI=1S/C23H30N2O3/c1-4-7-15-28-23(27)20-9-8-10-21(16-20)24-22(26)19-13-11-18(12-14-19)17-25(5-2)6-3/h8-14,16H,4-7,15,17H2,1-3H3,(H,24,26). The molecule has 0 saturated carbocycles. The molecule has 2 aromatic rings. The first-order chi connectivity index (χ1) is 13.6. The first-order valence-corrected chi connectivity index (χ1v) is 9.97. The van der Waals surface area contributed by atoms with Gasteiger partial charge in [0.2, 0.25) is 0 Å². The van der Waals surface area contributed by atoms with Crippen LogP contribution in [0.25, 0.3) is 0 Å². The molecule has 0 aliphatic rings. The molecule has 0 unspecified atom stereocenters. The van der Waals surface area contributed by atoms with E-state index >= 15 is 0 Å². The van der Waals surface area contributed by atoms with Gasteiger partial charge in [0, 0.05) is 17.8 Å². The Bertz CT molecular complexity index is 768. The van der Waals surface area contributed by atoms with Crippen LogP contribution in [0.1, 0.15) is 59.9 Å². The summed E-state index contributed by atoms with van der Waals surface area (Å²) in [5, 5.41) is 2.85. The van der Waals surface area contributed by atoms with Gasteiger partial charge < -0.3 is 10.1 Å². The van der Waals surface area contributed by atoms with Crippen LogP contribution in [0, 0.1) is 0 Å². The molecule has 150 valence electrons. The SMILES string of the molecule is CCCCOC(=O)c1cccc(NC(=O)c2ccc(CN(CC)CC)cc2)c1. The zero-order valence-corrected chi connectivity index (χ0v) is 17.0. The number of nitrogens with zero attached hydrogens (tertiary/aromatic N) is 1. The van der Waals surface area contributed by atoms with Crippen molar-refractivity contribution in [3.05, 3.63) is 65.2 Å². The Labute approximate surface area is 167 Å². The van der Waals surface area contributed by atoms with Crippen LogP contribution in [0.5, 0.6) is 0 Å². The average molecular weight is 383 g/mol. The van der Waals surface area contributed by atoms with Crippen LogP contribution < -0.4 is 5.32 Å². The van der Waals surface area contributed by atoms with E-state index < -0.39 is 0 Å². The highest BCUT2D eigenvalue weighted by atomic mass is 16.5. The lowest BCUT2D eigenvalue weighted by Gasteiger charge is -2.18. The van der Waals surface area contributed by atoms with Gasteiger partial charge in [0.15, 0.2) is 0 Å². The molecule has 0 aliphatic carbocycles. The van der Waals surface area contributed by atoms with Crippen molar-refractivity contribution in [2.75, 3.05) is 25.0 Å². The van der Waals surface area contributed by atoms with E-state index in [1.807, 2.05) is 31.2 Å². The zero-order valence-electron chi connectivity index (χ0n) is 17.0. The number of anilines is 1. The van der Waals surface area contributed by atoms with E-state index in [9.17, 15) is 9.59 Å². The molecule has 0 heterocycles. The molecule has 2 rings (SSSR count). The second-order valence-electron chi connectivity index (χ2n) is 6.68. The molecule has 0 aliphatic heterocycles. The van der Waals surface area contributed by atoms with E-state index in [1.54, 1.807) is 24.3 Å². The molecular weight excluding hydrogens is 352 g/mol. The van der Waals surface area contributed by atoms with Crippen molar-refractivity contribution in [3.63, 3.8) is 0 Å². The molecule has 1 N–H and O–H groups in total. The van der Waals surface area contributed by atoms with Crippen LogP contribution in [0.4, 0.5) is 5.69 Å². The maximum absolute atomic E-state index is 12.5. The Hall–Kier alpha value is -2.66. The molecule has 0 bridgehead atoms. The van der Waals surface area contributed by atoms with E-state index in [0.717, 1.165) is 32.5 Å². The first-order valence-electron chi connectivity index (χ1n) is 9.97. The number of benzene rings is 2. The second-order valence-corrected chi connectivity index (χ2v) is 6.68. The Morgan fingerprint density at radius 2 is 1.68 bits per heavy atom. The van der Waals surface area contributed by atoms with Crippen molar-refractivity contribution in [2.45, 2.75) is 40.2 Å². The summed E-state index contributed by atoms with van der Waals surface area (Å²) in [6, 6.07) is 14.4. The molecule has 1 amide bonds. The quantitative estimate of drug-likeness (QED) is 0.476. The summed E-state index contributed by atoms with van der Waals surface area (Å²) in [4.78, 5) is 26.9. The van der Waals surface area contributed by atoms with Gasteiger partial charge in [0.1, 0.15) is 0 Å². The smallest absolute Gasteiger partial charge is 0.338 e. The summed E-state index contributed by atoms with van der Waals surface area (Å²) in [5.41, 5.74) is 2.77. The van der Waals surface area contributed by atoms with Crippen molar-refractivity contribution >= 4 is 17.6 Å². The van der Waals surface area contributed by atoms with Crippen molar-refractivity contribution in [1.82, 2.24) is 4.90 Å². The number of carbonyl (C=O) groups is 2. The molecule has 0 spiro atoms. The van der Waals surface area contributed by atoms with Crippen LogP contribution in [-0.2, 0) is 11.3 Å². The van der Waals surface area contributed by atoms with Crippen molar-refractivity contribution in [1.29, 1.82) is 0 Å². The minimum atomic E-state index is -0.370.